The Labute approximate surface area is 141 Å². The van der Waals surface area contributed by atoms with Crippen molar-refractivity contribution in [2.45, 2.75) is 24.7 Å². The molecular formula is C14H16ClN5O4. The summed E-state index contributed by atoms with van der Waals surface area (Å²) in [5.74, 6) is -0.946. The summed E-state index contributed by atoms with van der Waals surface area (Å²) in [7, 11) is 3.59. The van der Waals surface area contributed by atoms with E-state index in [-0.39, 0.29) is 11.2 Å². The van der Waals surface area contributed by atoms with Gasteiger partial charge in [-0.05, 0) is 18.0 Å². The molecule has 24 heavy (non-hydrogen) atoms. The van der Waals surface area contributed by atoms with Gasteiger partial charge in [0, 0.05) is 20.0 Å². The zero-order chi connectivity index (χ0) is 17.4. The normalized spacial score (nSPS) is 34.4. The second-order valence-electron chi connectivity index (χ2n) is 6.62. The van der Waals surface area contributed by atoms with Crippen LogP contribution in [0.2, 0.25) is 5.28 Å². The van der Waals surface area contributed by atoms with Crippen LogP contribution in [0.4, 0.5) is 5.82 Å². The van der Waals surface area contributed by atoms with Crippen molar-refractivity contribution >= 4 is 34.6 Å². The maximum Gasteiger partial charge on any atom is 0.312 e. The average molecular weight is 354 g/mol. The third kappa shape index (κ3) is 1.77. The van der Waals surface area contributed by atoms with Crippen molar-refractivity contribution in [3.05, 3.63) is 11.6 Å². The van der Waals surface area contributed by atoms with Gasteiger partial charge in [0.05, 0.1) is 18.5 Å². The first-order valence-corrected chi connectivity index (χ1v) is 7.83. The van der Waals surface area contributed by atoms with Crippen molar-refractivity contribution in [3.8, 4) is 0 Å². The zero-order valence-corrected chi connectivity index (χ0v) is 13.7. The molecule has 0 radical (unpaired) electrons. The van der Waals surface area contributed by atoms with Gasteiger partial charge in [-0.15, -0.1) is 0 Å². The molecule has 128 valence electrons. The van der Waals surface area contributed by atoms with Gasteiger partial charge in [0.25, 0.3) is 0 Å². The second kappa shape index (κ2) is 4.78. The van der Waals surface area contributed by atoms with E-state index in [0.717, 1.165) is 0 Å². The molecule has 3 N–H and O–H groups in total. The molecule has 2 fully saturated rings. The molecule has 2 heterocycles. The summed E-state index contributed by atoms with van der Waals surface area (Å²) in [6, 6.07) is -0.623. The van der Waals surface area contributed by atoms with Gasteiger partial charge in [0.2, 0.25) is 5.28 Å². The Kier molecular flexibility index (Phi) is 3.09. The van der Waals surface area contributed by atoms with E-state index in [2.05, 4.69) is 15.0 Å². The minimum atomic E-state index is -1.33. The van der Waals surface area contributed by atoms with Crippen molar-refractivity contribution in [2.24, 2.45) is 11.3 Å². The van der Waals surface area contributed by atoms with Gasteiger partial charge in [0.15, 0.2) is 17.0 Å². The summed E-state index contributed by atoms with van der Waals surface area (Å²) in [6.45, 7) is 0. The standard InChI is InChI=1S/C14H16ClN5O4/c1-19(2)10-6-11(18-13(15)17-10)20(4-16-6)7-5-3-14(5,12(23)24)9(22)8(7)21/h4-5,7-9,21-22H,3H2,1-2H3,(H,23,24)/t5-,7-,8+,9+,14+/m1/s1. The van der Waals surface area contributed by atoms with Crippen molar-refractivity contribution in [3.63, 3.8) is 0 Å². The van der Waals surface area contributed by atoms with Gasteiger partial charge in [-0.2, -0.15) is 9.97 Å². The predicted molar refractivity (Wildman–Crippen MR) is 83.9 cm³/mol. The number of fused-ring (bicyclic) bond motifs is 2. The number of aliphatic carboxylic acids is 1. The van der Waals surface area contributed by atoms with Crippen LogP contribution in [0.3, 0.4) is 0 Å². The van der Waals surface area contributed by atoms with E-state index in [9.17, 15) is 20.1 Å². The Balaban J connectivity index is 1.86. The van der Waals surface area contributed by atoms with Crippen molar-refractivity contribution in [1.82, 2.24) is 19.5 Å². The molecule has 10 heteroatoms. The van der Waals surface area contributed by atoms with Crippen LogP contribution in [-0.2, 0) is 4.79 Å². The monoisotopic (exact) mass is 353 g/mol. The molecule has 2 aliphatic rings. The molecule has 2 aromatic rings. The first kappa shape index (κ1) is 15.6. The molecule has 4 rings (SSSR count). The molecule has 0 spiro atoms. The smallest absolute Gasteiger partial charge is 0.312 e. The van der Waals surface area contributed by atoms with E-state index in [1.54, 1.807) is 23.6 Å². The summed E-state index contributed by atoms with van der Waals surface area (Å²) >= 11 is 6.00. The highest BCUT2D eigenvalue weighted by Crippen LogP contribution is 2.67. The molecule has 0 bridgehead atoms. The van der Waals surface area contributed by atoms with Crippen LogP contribution < -0.4 is 4.90 Å². The molecule has 0 unspecified atom stereocenters. The minimum Gasteiger partial charge on any atom is -0.481 e. The van der Waals surface area contributed by atoms with Gasteiger partial charge in [-0.25, -0.2) is 4.98 Å². The number of aromatic nitrogens is 4. The third-order valence-electron chi connectivity index (χ3n) is 5.19. The third-order valence-corrected chi connectivity index (χ3v) is 5.36. The van der Waals surface area contributed by atoms with E-state index in [4.69, 9.17) is 11.6 Å². The lowest BCUT2D eigenvalue weighted by molar-refractivity contribution is -0.149. The SMILES string of the molecule is CN(C)c1nc(Cl)nc2c1ncn2[C@H]1[C@H](O)[C@H](O)[C@]2(C(=O)O)C[C@H]12. The van der Waals surface area contributed by atoms with E-state index in [1.807, 2.05) is 0 Å². The van der Waals surface area contributed by atoms with Gasteiger partial charge >= 0.3 is 5.97 Å². The van der Waals surface area contributed by atoms with E-state index >= 15 is 0 Å². The molecule has 2 saturated carbocycles. The Morgan fingerprint density at radius 3 is 2.71 bits per heavy atom. The van der Waals surface area contributed by atoms with Crippen LogP contribution in [0.25, 0.3) is 11.2 Å². The predicted octanol–water partition coefficient (Wildman–Crippen LogP) is -0.0869. The number of nitrogens with zero attached hydrogens (tertiary/aromatic N) is 5. The first-order valence-electron chi connectivity index (χ1n) is 7.46. The fourth-order valence-electron chi connectivity index (χ4n) is 3.94. The zero-order valence-electron chi connectivity index (χ0n) is 13.0. The fraction of sp³-hybridized carbons (Fsp3) is 0.571. The lowest BCUT2D eigenvalue weighted by Crippen LogP contribution is -2.37. The number of carbonyl (C=O) groups is 1. The largest absolute Gasteiger partial charge is 0.481 e. The van der Waals surface area contributed by atoms with Crippen LogP contribution in [-0.4, -0.2) is 67.1 Å². The maximum absolute atomic E-state index is 11.5. The minimum absolute atomic E-state index is 0.0290. The summed E-state index contributed by atoms with van der Waals surface area (Å²) < 4.78 is 1.60. The van der Waals surface area contributed by atoms with Crippen molar-refractivity contribution in [2.75, 3.05) is 19.0 Å². The first-order chi connectivity index (χ1) is 11.3. The Morgan fingerprint density at radius 2 is 2.12 bits per heavy atom. The lowest BCUT2D eigenvalue weighted by Gasteiger charge is -2.23. The number of halogens is 1. The highest BCUT2D eigenvalue weighted by molar-refractivity contribution is 6.28. The number of carboxylic acids is 1. The number of imidazole rings is 1. The molecular weight excluding hydrogens is 338 g/mol. The molecule has 0 aromatic carbocycles. The van der Waals surface area contributed by atoms with Gasteiger partial charge < -0.3 is 24.8 Å². The van der Waals surface area contributed by atoms with Crippen LogP contribution in [0.1, 0.15) is 12.5 Å². The molecule has 0 saturated heterocycles. The molecule has 9 nitrogen and oxygen atoms in total. The molecule has 2 aliphatic carbocycles. The molecule has 0 amide bonds. The molecule has 2 aromatic heterocycles. The fourth-order valence-corrected chi connectivity index (χ4v) is 4.10. The second-order valence-corrected chi connectivity index (χ2v) is 6.95. The number of aliphatic hydroxyl groups is 2. The van der Waals surface area contributed by atoms with Crippen LogP contribution >= 0.6 is 11.6 Å². The van der Waals surface area contributed by atoms with Crippen molar-refractivity contribution in [1.29, 1.82) is 0 Å². The Morgan fingerprint density at radius 1 is 1.42 bits per heavy atom. The summed E-state index contributed by atoms with van der Waals surface area (Å²) in [5, 5.41) is 30.1. The highest BCUT2D eigenvalue weighted by atomic mass is 35.5. The van der Waals surface area contributed by atoms with Crippen molar-refractivity contribution < 1.29 is 20.1 Å². The van der Waals surface area contributed by atoms with E-state index in [1.165, 1.54) is 6.33 Å². The van der Waals surface area contributed by atoms with Crippen LogP contribution in [0.5, 0.6) is 0 Å². The number of hydrogen-bond acceptors (Lipinski definition) is 7. The van der Waals surface area contributed by atoms with E-state index < -0.39 is 29.6 Å². The Bertz CT molecular complexity index is 855. The molecule has 0 aliphatic heterocycles. The summed E-state index contributed by atoms with van der Waals surface area (Å²) in [4.78, 5) is 25.9. The van der Waals surface area contributed by atoms with E-state index in [0.29, 0.717) is 23.4 Å². The lowest BCUT2D eigenvalue weighted by atomic mass is 10.00. The number of carboxylic acid groups (broad SMARTS) is 1. The number of rotatable bonds is 3. The van der Waals surface area contributed by atoms with Gasteiger partial charge in [-0.1, -0.05) is 0 Å². The number of anilines is 1. The summed E-state index contributed by atoms with van der Waals surface area (Å²) in [6.07, 6.45) is -0.745. The van der Waals surface area contributed by atoms with Gasteiger partial charge in [-0.3, -0.25) is 4.79 Å². The van der Waals surface area contributed by atoms with Gasteiger partial charge in [0.1, 0.15) is 11.5 Å². The van der Waals surface area contributed by atoms with Crippen LogP contribution in [0, 0.1) is 11.3 Å². The summed E-state index contributed by atoms with van der Waals surface area (Å²) in [5.41, 5.74) is -0.385. The number of aliphatic hydroxyl groups excluding tert-OH is 2. The number of hydrogen-bond donors (Lipinski definition) is 3. The Hall–Kier alpha value is -1.97. The molecule has 5 atom stereocenters. The average Bonchev–Trinajstić information content (AvgIpc) is 3.06. The topological polar surface area (TPSA) is 125 Å². The highest BCUT2D eigenvalue weighted by Gasteiger charge is 2.76. The quantitative estimate of drug-likeness (QED) is 0.654. The maximum atomic E-state index is 11.5. The van der Waals surface area contributed by atoms with Crippen LogP contribution in [0.15, 0.2) is 6.33 Å².